The molecule has 0 radical (unpaired) electrons. The molecule has 0 bridgehead atoms. The molecule has 108 valence electrons. The van der Waals surface area contributed by atoms with Crippen LogP contribution in [0.15, 0.2) is 29.2 Å². The van der Waals surface area contributed by atoms with E-state index in [0.717, 1.165) is 0 Å². The van der Waals surface area contributed by atoms with E-state index >= 15 is 0 Å². The number of hydrogen-bond acceptors (Lipinski definition) is 4. The van der Waals surface area contributed by atoms with Crippen molar-refractivity contribution in [3.05, 3.63) is 24.3 Å². The molecule has 1 aromatic rings. The normalized spacial score (nSPS) is 11.8. The molecule has 5 nitrogen and oxygen atoms in total. The number of benzene rings is 1. The molecule has 0 spiro atoms. The Hall–Kier alpha value is -1.25. The van der Waals surface area contributed by atoms with Gasteiger partial charge in [-0.25, -0.2) is 21.9 Å². The monoisotopic (exact) mass is 293 g/mol. The fourth-order valence-corrected chi connectivity index (χ4v) is 2.64. The Bertz CT molecular complexity index is 508. The van der Waals surface area contributed by atoms with Crippen LogP contribution in [-0.2, 0) is 10.0 Å². The van der Waals surface area contributed by atoms with Crippen molar-refractivity contribution in [2.45, 2.75) is 11.3 Å². The molecule has 0 unspecified atom stereocenters. The molecule has 0 amide bonds. The lowest BCUT2D eigenvalue weighted by Gasteiger charge is -2.25. The van der Waals surface area contributed by atoms with Crippen LogP contribution >= 0.6 is 0 Å². The van der Waals surface area contributed by atoms with Gasteiger partial charge in [0.1, 0.15) is 4.90 Å². The highest BCUT2D eigenvalue weighted by atomic mass is 32.2. The number of sulfonamides is 1. The largest absolute Gasteiger partial charge is 0.363 e. The fourth-order valence-electron chi connectivity index (χ4n) is 1.69. The van der Waals surface area contributed by atoms with E-state index in [4.69, 9.17) is 5.73 Å². The molecule has 19 heavy (non-hydrogen) atoms. The van der Waals surface area contributed by atoms with Gasteiger partial charge in [0, 0.05) is 13.1 Å². The third-order valence-electron chi connectivity index (χ3n) is 2.52. The molecule has 0 aromatic heterocycles. The van der Waals surface area contributed by atoms with E-state index in [0.29, 0.717) is 0 Å². The molecule has 0 aliphatic carbocycles. The molecule has 1 aromatic carbocycles. The molecule has 0 atom stereocenters. The molecule has 0 heterocycles. The van der Waals surface area contributed by atoms with E-state index in [2.05, 4.69) is 4.72 Å². The number of rotatable bonds is 7. The average Bonchev–Trinajstić information content (AvgIpc) is 2.38. The van der Waals surface area contributed by atoms with Crippen LogP contribution in [0.1, 0.15) is 0 Å². The van der Waals surface area contributed by atoms with E-state index in [1.165, 1.54) is 30.1 Å². The number of para-hydroxylation sites is 1. The Kier molecular flexibility index (Phi) is 5.64. The van der Waals surface area contributed by atoms with Gasteiger partial charge in [-0.1, -0.05) is 12.1 Å². The molecular weight excluding hydrogens is 276 g/mol. The van der Waals surface area contributed by atoms with Crippen LogP contribution in [0.5, 0.6) is 0 Å². The number of anilines is 1. The lowest BCUT2D eigenvalue weighted by molar-refractivity contribution is 0.155. The summed E-state index contributed by atoms with van der Waals surface area (Å²) in [5, 5.41) is 0. The number of hydrogen-bond donors (Lipinski definition) is 2. The highest BCUT2D eigenvalue weighted by molar-refractivity contribution is 7.89. The maximum atomic E-state index is 12.6. The third kappa shape index (κ3) is 4.12. The summed E-state index contributed by atoms with van der Waals surface area (Å²) in [5.74, 6) is 0. The number of alkyl halides is 2. The quantitative estimate of drug-likeness (QED) is 0.773. The van der Waals surface area contributed by atoms with Gasteiger partial charge < -0.3 is 10.6 Å². The van der Waals surface area contributed by atoms with Crippen LogP contribution in [0.25, 0.3) is 0 Å². The van der Waals surface area contributed by atoms with Crippen LogP contribution in [0, 0.1) is 0 Å². The summed E-state index contributed by atoms with van der Waals surface area (Å²) in [5.41, 5.74) is 5.61. The van der Waals surface area contributed by atoms with Crippen molar-refractivity contribution in [2.75, 3.05) is 31.6 Å². The minimum atomic E-state index is -3.71. The highest BCUT2D eigenvalue weighted by Gasteiger charge is 2.21. The van der Waals surface area contributed by atoms with Crippen LogP contribution in [0.4, 0.5) is 14.5 Å². The number of nitrogens with two attached hydrogens (primary N) is 1. The summed E-state index contributed by atoms with van der Waals surface area (Å²) < 4.78 is 51.0. The summed E-state index contributed by atoms with van der Waals surface area (Å²) in [4.78, 5) is 1.24. The number of halogens is 2. The number of nitrogens with one attached hydrogen (secondary N) is 1. The van der Waals surface area contributed by atoms with Crippen molar-refractivity contribution < 1.29 is 17.2 Å². The Morgan fingerprint density at radius 3 is 2.53 bits per heavy atom. The summed E-state index contributed by atoms with van der Waals surface area (Å²) in [7, 11) is -2.44. The van der Waals surface area contributed by atoms with Crippen molar-refractivity contribution in [3.8, 4) is 0 Å². The zero-order chi connectivity index (χ0) is 14.5. The van der Waals surface area contributed by atoms with Gasteiger partial charge in [0.2, 0.25) is 10.0 Å². The van der Waals surface area contributed by atoms with E-state index in [1.807, 2.05) is 0 Å². The Labute approximate surface area is 111 Å². The average molecular weight is 293 g/mol. The van der Waals surface area contributed by atoms with Crippen molar-refractivity contribution >= 4 is 15.7 Å². The van der Waals surface area contributed by atoms with Gasteiger partial charge in [0.25, 0.3) is 6.43 Å². The van der Waals surface area contributed by atoms with Crippen molar-refractivity contribution in [1.29, 1.82) is 0 Å². The van der Waals surface area contributed by atoms with Gasteiger partial charge in [-0.3, -0.25) is 0 Å². The lowest BCUT2D eigenvalue weighted by Crippen LogP contribution is -2.35. The summed E-state index contributed by atoms with van der Waals surface area (Å²) >= 11 is 0. The fraction of sp³-hybridized carbons (Fsp3) is 0.455. The molecule has 0 aliphatic heterocycles. The maximum absolute atomic E-state index is 12.6. The molecule has 3 N–H and O–H groups in total. The smallest absolute Gasteiger partial charge is 0.255 e. The van der Waals surface area contributed by atoms with Crippen molar-refractivity contribution in [1.82, 2.24) is 4.72 Å². The van der Waals surface area contributed by atoms with Crippen LogP contribution in [0.3, 0.4) is 0 Å². The molecule has 1 rings (SSSR count). The number of nitrogens with zero attached hydrogens (tertiary/aromatic N) is 1. The molecule has 0 aliphatic rings. The first-order chi connectivity index (χ1) is 8.92. The summed E-state index contributed by atoms with van der Waals surface area (Å²) in [6.45, 7) is -0.255. The van der Waals surface area contributed by atoms with E-state index < -0.39 is 23.0 Å². The summed E-state index contributed by atoms with van der Waals surface area (Å²) in [6.07, 6.45) is -2.57. The lowest BCUT2D eigenvalue weighted by atomic mass is 10.3. The highest BCUT2D eigenvalue weighted by Crippen LogP contribution is 2.25. The van der Waals surface area contributed by atoms with E-state index in [-0.39, 0.29) is 23.7 Å². The Balaban J connectivity index is 3.23. The van der Waals surface area contributed by atoms with Crippen LogP contribution < -0.4 is 15.4 Å². The second-order valence-electron chi connectivity index (χ2n) is 3.80. The van der Waals surface area contributed by atoms with E-state index in [1.54, 1.807) is 6.07 Å². The van der Waals surface area contributed by atoms with Crippen LogP contribution in [-0.4, -0.2) is 41.5 Å². The Morgan fingerprint density at radius 2 is 2.00 bits per heavy atom. The zero-order valence-electron chi connectivity index (χ0n) is 10.5. The first-order valence-electron chi connectivity index (χ1n) is 5.68. The SMILES string of the molecule is CNS(=O)(=O)c1ccccc1N(CCN)CC(F)F. The topological polar surface area (TPSA) is 75.4 Å². The molecule has 0 saturated carbocycles. The molecule has 8 heteroatoms. The predicted octanol–water partition coefficient (Wildman–Crippen LogP) is 0.625. The molecule has 0 fully saturated rings. The first-order valence-corrected chi connectivity index (χ1v) is 7.16. The maximum Gasteiger partial charge on any atom is 0.255 e. The van der Waals surface area contributed by atoms with Gasteiger partial charge in [-0.15, -0.1) is 0 Å². The van der Waals surface area contributed by atoms with Crippen molar-refractivity contribution in [2.24, 2.45) is 5.73 Å². The van der Waals surface area contributed by atoms with Gasteiger partial charge in [0.15, 0.2) is 0 Å². The second kappa shape index (κ2) is 6.78. The van der Waals surface area contributed by atoms with Gasteiger partial charge in [-0.2, -0.15) is 0 Å². The standard InChI is InChI=1S/C11H17F2N3O2S/c1-15-19(17,18)10-5-3-2-4-9(10)16(7-6-14)8-11(12)13/h2-5,11,15H,6-8,14H2,1H3. The van der Waals surface area contributed by atoms with Crippen LogP contribution in [0.2, 0.25) is 0 Å². The van der Waals surface area contributed by atoms with Gasteiger partial charge in [-0.05, 0) is 19.2 Å². The zero-order valence-corrected chi connectivity index (χ0v) is 11.3. The summed E-state index contributed by atoms with van der Waals surface area (Å²) in [6, 6.07) is 5.99. The predicted molar refractivity (Wildman–Crippen MR) is 70.0 cm³/mol. The Morgan fingerprint density at radius 1 is 1.37 bits per heavy atom. The third-order valence-corrected chi connectivity index (χ3v) is 3.98. The minimum Gasteiger partial charge on any atom is -0.363 e. The van der Waals surface area contributed by atoms with Gasteiger partial charge in [0.05, 0.1) is 12.2 Å². The van der Waals surface area contributed by atoms with Gasteiger partial charge >= 0.3 is 0 Å². The minimum absolute atomic E-state index is 0.0356. The second-order valence-corrected chi connectivity index (χ2v) is 5.66. The van der Waals surface area contributed by atoms with E-state index in [9.17, 15) is 17.2 Å². The molecular formula is C11H17F2N3O2S. The van der Waals surface area contributed by atoms with Crippen molar-refractivity contribution in [3.63, 3.8) is 0 Å². The molecule has 0 saturated heterocycles. The first kappa shape index (κ1) is 15.8.